The SMILES string of the molecule is CCCCC1CNc2ccc(F)cc2C1C(=O)O. The molecule has 2 atom stereocenters. The number of benzene rings is 1. The van der Waals surface area contributed by atoms with Crippen molar-refractivity contribution in [2.75, 3.05) is 11.9 Å². The van der Waals surface area contributed by atoms with E-state index in [0.717, 1.165) is 24.9 Å². The molecule has 0 saturated heterocycles. The van der Waals surface area contributed by atoms with Crippen LogP contribution in [0.4, 0.5) is 10.1 Å². The zero-order valence-corrected chi connectivity index (χ0v) is 10.4. The molecule has 1 aliphatic heterocycles. The van der Waals surface area contributed by atoms with Crippen LogP contribution < -0.4 is 5.32 Å². The molecule has 1 aromatic rings. The van der Waals surface area contributed by atoms with Gasteiger partial charge < -0.3 is 10.4 Å². The van der Waals surface area contributed by atoms with Gasteiger partial charge in [0.2, 0.25) is 0 Å². The standard InChI is InChI=1S/C14H18FNO2/c1-2-3-4-9-8-16-12-6-5-10(15)7-11(12)13(9)14(17)18/h5-7,9,13,16H,2-4,8H2,1H3,(H,17,18). The molecular formula is C14H18FNO2. The number of anilines is 1. The molecule has 1 heterocycles. The summed E-state index contributed by atoms with van der Waals surface area (Å²) in [5, 5.41) is 12.6. The van der Waals surface area contributed by atoms with Crippen LogP contribution in [0.3, 0.4) is 0 Å². The highest BCUT2D eigenvalue weighted by atomic mass is 19.1. The Bertz CT molecular complexity index is 447. The van der Waals surface area contributed by atoms with Gasteiger partial charge in [0.1, 0.15) is 5.82 Å². The smallest absolute Gasteiger partial charge is 0.311 e. The van der Waals surface area contributed by atoms with Crippen LogP contribution in [0.1, 0.15) is 37.7 Å². The molecule has 0 fully saturated rings. The van der Waals surface area contributed by atoms with Crippen LogP contribution in [0, 0.1) is 11.7 Å². The number of nitrogens with one attached hydrogen (secondary N) is 1. The minimum atomic E-state index is -0.857. The van der Waals surface area contributed by atoms with Gasteiger partial charge in [0.15, 0.2) is 0 Å². The molecule has 2 rings (SSSR count). The van der Waals surface area contributed by atoms with Crippen molar-refractivity contribution in [1.29, 1.82) is 0 Å². The first-order chi connectivity index (χ1) is 8.63. The molecule has 0 saturated carbocycles. The third-order valence-corrected chi connectivity index (χ3v) is 3.57. The highest BCUT2D eigenvalue weighted by Gasteiger charge is 2.34. The summed E-state index contributed by atoms with van der Waals surface area (Å²) in [7, 11) is 0. The van der Waals surface area contributed by atoms with Crippen molar-refractivity contribution < 1.29 is 14.3 Å². The monoisotopic (exact) mass is 251 g/mol. The lowest BCUT2D eigenvalue weighted by molar-refractivity contribution is -0.140. The molecule has 0 spiro atoms. The number of halogens is 1. The van der Waals surface area contributed by atoms with E-state index in [1.165, 1.54) is 12.1 Å². The van der Waals surface area contributed by atoms with Crippen LogP contribution in [-0.4, -0.2) is 17.6 Å². The molecule has 3 nitrogen and oxygen atoms in total. The Morgan fingerprint density at radius 1 is 1.56 bits per heavy atom. The number of rotatable bonds is 4. The third kappa shape index (κ3) is 2.47. The van der Waals surface area contributed by atoms with Crippen molar-refractivity contribution in [3.8, 4) is 0 Å². The van der Waals surface area contributed by atoms with Crippen LogP contribution in [-0.2, 0) is 4.79 Å². The third-order valence-electron chi connectivity index (χ3n) is 3.57. The van der Waals surface area contributed by atoms with Crippen LogP contribution in [0.25, 0.3) is 0 Å². The Balaban J connectivity index is 2.32. The second-order valence-corrected chi connectivity index (χ2v) is 4.83. The molecule has 0 radical (unpaired) electrons. The molecular weight excluding hydrogens is 233 g/mol. The molecule has 2 N–H and O–H groups in total. The van der Waals surface area contributed by atoms with Gasteiger partial charge in [-0.2, -0.15) is 0 Å². The fourth-order valence-corrected chi connectivity index (χ4v) is 2.63. The van der Waals surface area contributed by atoms with Crippen molar-refractivity contribution in [3.63, 3.8) is 0 Å². The summed E-state index contributed by atoms with van der Waals surface area (Å²) in [4.78, 5) is 11.5. The topological polar surface area (TPSA) is 49.3 Å². The Morgan fingerprint density at radius 2 is 2.33 bits per heavy atom. The number of hydrogen-bond acceptors (Lipinski definition) is 2. The van der Waals surface area contributed by atoms with Crippen molar-refractivity contribution in [2.24, 2.45) is 5.92 Å². The average Bonchev–Trinajstić information content (AvgIpc) is 2.34. The van der Waals surface area contributed by atoms with Gasteiger partial charge in [-0.3, -0.25) is 4.79 Å². The number of hydrogen-bond donors (Lipinski definition) is 2. The summed E-state index contributed by atoms with van der Waals surface area (Å²) in [5.41, 5.74) is 1.33. The van der Waals surface area contributed by atoms with E-state index in [9.17, 15) is 14.3 Å². The number of carboxylic acid groups (broad SMARTS) is 1. The summed E-state index contributed by atoms with van der Waals surface area (Å²) in [5.74, 6) is -1.79. The number of fused-ring (bicyclic) bond motifs is 1. The van der Waals surface area contributed by atoms with E-state index in [1.54, 1.807) is 6.07 Å². The predicted molar refractivity (Wildman–Crippen MR) is 68.3 cm³/mol. The number of carboxylic acids is 1. The highest BCUT2D eigenvalue weighted by Crippen LogP contribution is 2.38. The molecule has 2 unspecified atom stereocenters. The van der Waals surface area contributed by atoms with E-state index in [1.807, 2.05) is 0 Å². The van der Waals surface area contributed by atoms with E-state index < -0.39 is 11.9 Å². The summed E-state index contributed by atoms with van der Waals surface area (Å²) >= 11 is 0. The lowest BCUT2D eigenvalue weighted by Crippen LogP contribution is -2.32. The largest absolute Gasteiger partial charge is 0.481 e. The first-order valence-electron chi connectivity index (χ1n) is 6.39. The van der Waals surface area contributed by atoms with E-state index in [4.69, 9.17) is 0 Å². The van der Waals surface area contributed by atoms with Crippen LogP contribution in [0.5, 0.6) is 0 Å². The Morgan fingerprint density at radius 3 is 3.00 bits per heavy atom. The van der Waals surface area contributed by atoms with Gasteiger partial charge in [0, 0.05) is 12.2 Å². The molecule has 98 valence electrons. The first-order valence-corrected chi connectivity index (χ1v) is 6.39. The maximum atomic E-state index is 13.3. The van der Waals surface area contributed by atoms with Crippen LogP contribution >= 0.6 is 0 Å². The fraction of sp³-hybridized carbons (Fsp3) is 0.500. The van der Waals surface area contributed by atoms with Gasteiger partial charge in [0.25, 0.3) is 0 Å². The summed E-state index contributed by atoms with van der Waals surface area (Å²) < 4.78 is 13.3. The molecule has 4 heteroatoms. The number of aliphatic carboxylic acids is 1. The molecule has 0 bridgehead atoms. The van der Waals surface area contributed by atoms with Gasteiger partial charge in [0.05, 0.1) is 5.92 Å². The lowest BCUT2D eigenvalue weighted by atomic mass is 9.79. The van der Waals surface area contributed by atoms with Crippen molar-refractivity contribution in [2.45, 2.75) is 32.1 Å². The quantitative estimate of drug-likeness (QED) is 0.863. The zero-order chi connectivity index (χ0) is 13.1. The zero-order valence-electron chi connectivity index (χ0n) is 10.4. The molecule has 0 aromatic heterocycles. The molecule has 1 aromatic carbocycles. The normalized spacial score (nSPS) is 22.1. The fourth-order valence-electron chi connectivity index (χ4n) is 2.63. The van der Waals surface area contributed by atoms with E-state index in [-0.39, 0.29) is 11.7 Å². The van der Waals surface area contributed by atoms with Gasteiger partial charge in [-0.25, -0.2) is 4.39 Å². The minimum absolute atomic E-state index is 0.0387. The summed E-state index contributed by atoms with van der Waals surface area (Å²) in [6.45, 7) is 2.73. The average molecular weight is 251 g/mol. The Hall–Kier alpha value is -1.58. The van der Waals surface area contributed by atoms with Crippen molar-refractivity contribution in [1.82, 2.24) is 0 Å². The summed E-state index contributed by atoms with van der Waals surface area (Å²) in [6.07, 6.45) is 2.90. The van der Waals surface area contributed by atoms with Crippen molar-refractivity contribution in [3.05, 3.63) is 29.6 Å². The summed E-state index contributed by atoms with van der Waals surface area (Å²) in [6, 6.07) is 4.33. The van der Waals surface area contributed by atoms with Gasteiger partial charge in [-0.15, -0.1) is 0 Å². The second kappa shape index (κ2) is 5.38. The Kier molecular flexibility index (Phi) is 3.84. The highest BCUT2D eigenvalue weighted by molar-refractivity contribution is 5.80. The number of unbranched alkanes of at least 4 members (excludes halogenated alkanes) is 1. The first kappa shape index (κ1) is 12.9. The van der Waals surface area contributed by atoms with Crippen LogP contribution in [0.2, 0.25) is 0 Å². The number of carbonyl (C=O) groups is 1. The molecule has 18 heavy (non-hydrogen) atoms. The van der Waals surface area contributed by atoms with E-state index >= 15 is 0 Å². The Labute approximate surface area is 106 Å². The second-order valence-electron chi connectivity index (χ2n) is 4.83. The molecule has 1 aliphatic rings. The van der Waals surface area contributed by atoms with Gasteiger partial charge >= 0.3 is 5.97 Å². The lowest BCUT2D eigenvalue weighted by Gasteiger charge is -2.32. The van der Waals surface area contributed by atoms with Crippen molar-refractivity contribution >= 4 is 11.7 Å². The predicted octanol–water partition coefficient (Wildman–Crippen LogP) is 3.23. The van der Waals surface area contributed by atoms with Gasteiger partial charge in [-0.1, -0.05) is 19.8 Å². The minimum Gasteiger partial charge on any atom is -0.481 e. The maximum Gasteiger partial charge on any atom is 0.311 e. The molecule has 0 amide bonds. The van der Waals surface area contributed by atoms with E-state index in [2.05, 4.69) is 12.2 Å². The van der Waals surface area contributed by atoms with E-state index in [0.29, 0.717) is 12.1 Å². The van der Waals surface area contributed by atoms with Crippen LogP contribution in [0.15, 0.2) is 18.2 Å². The van der Waals surface area contributed by atoms with Gasteiger partial charge in [-0.05, 0) is 36.1 Å². The maximum absolute atomic E-state index is 13.3. The molecule has 0 aliphatic carbocycles.